The number of phenolic OH excluding ortho intramolecular Hbond substituents is 1. The van der Waals surface area contributed by atoms with Gasteiger partial charge in [0.2, 0.25) is 11.8 Å². The van der Waals surface area contributed by atoms with Gasteiger partial charge in [-0.3, -0.25) is 9.59 Å². The van der Waals surface area contributed by atoms with Crippen molar-refractivity contribution in [3.63, 3.8) is 0 Å². The average Bonchev–Trinajstić information content (AvgIpc) is 3.52. The van der Waals surface area contributed by atoms with Gasteiger partial charge in [0.15, 0.2) is 0 Å². The van der Waals surface area contributed by atoms with Crippen LogP contribution in [0.15, 0.2) is 118 Å². The van der Waals surface area contributed by atoms with Crippen LogP contribution < -0.4 is 25.8 Å². The van der Waals surface area contributed by atoms with Crippen LogP contribution in [0.4, 0.5) is 5.69 Å². The van der Waals surface area contributed by atoms with E-state index in [9.17, 15) is 19.5 Å². The number of methoxy groups -OCH3 is 2. The van der Waals surface area contributed by atoms with E-state index in [0.717, 1.165) is 4.57 Å². The summed E-state index contributed by atoms with van der Waals surface area (Å²) in [6.07, 6.45) is 1.89. The number of aromatic nitrogens is 3. The van der Waals surface area contributed by atoms with Gasteiger partial charge in [-0.1, -0.05) is 72.3 Å². The summed E-state index contributed by atoms with van der Waals surface area (Å²) in [6.45, 7) is 0.0225. The molecule has 12 heteroatoms. The van der Waals surface area contributed by atoms with Crippen LogP contribution >= 0.6 is 11.6 Å². The number of hydrogen-bond donors (Lipinski definition) is 1. The average molecular weight is 691 g/mol. The standard InChI is InChI=1S/C38H31ClN4O7/c1-49-30-19-26(44)20-31(50-2)32(30)33-27-16-17-40-36(47)42(24-13-7-4-8-14-24)37(48)43(40)29(27)21-28-34(45)41(25-15-9-12-23(39)18-25)35(46)38(28,33)22-10-5-3-6-11-22/h3-16,18-20,28-29,33,44H,17,21H2,1-2H3. The molecule has 3 aliphatic rings. The Balaban J connectivity index is 1.46. The van der Waals surface area contributed by atoms with Gasteiger partial charge in [-0.15, -0.1) is 0 Å². The zero-order valence-electron chi connectivity index (χ0n) is 27.0. The largest absolute Gasteiger partial charge is 0.508 e. The molecule has 1 aromatic heterocycles. The molecule has 8 rings (SSSR count). The molecule has 252 valence electrons. The highest BCUT2D eigenvalue weighted by atomic mass is 35.5. The highest BCUT2D eigenvalue weighted by molar-refractivity contribution is 6.32. The number of nitrogens with zero attached hydrogens (tertiary/aromatic N) is 4. The Kier molecular flexibility index (Phi) is 7.34. The predicted octanol–water partition coefficient (Wildman–Crippen LogP) is 4.97. The smallest absolute Gasteiger partial charge is 0.352 e. The Hall–Kier alpha value is -5.81. The lowest BCUT2D eigenvalue weighted by atomic mass is 9.53. The second-order valence-corrected chi connectivity index (χ2v) is 13.0. The second-order valence-electron chi connectivity index (χ2n) is 12.6. The number of amides is 2. The molecule has 0 spiro atoms. The highest BCUT2D eigenvalue weighted by Crippen LogP contribution is 2.64. The van der Waals surface area contributed by atoms with Crippen molar-refractivity contribution in [1.29, 1.82) is 0 Å². The fraction of sp³-hybridized carbons (Fsp3) is 0.211. The number of hydrogen-bond acceptors (Lipinski definition) is 7. The number of halogens is 1. The summed E-state index contributed by atoms with van der Waals surface area (Å²) in [4.78, 5) is 59.8. The molecule has 5 aromatic rings. The number of benzene rings is 4. The number of fused-ring (bicyclic) bond motifs is 4. The summed E-state index contributed by atoms with van der Waals surface area (Å²) in [7, 11) is 2.89. The number of para-hydroxylation sites is 1. The van der Waals surface area contributed by atoms with Crippen LogP contribution in [0.3, 0.4) is 0 Å². The van der Waals surface area contributed by atoms with Crippen LogP contribution in [0.25, 0.3) is 5.69 Å². The van der Waals surface area contributed by atoms with Crippen molar-refractivity contribution < 1.29 is 24.2 Å². The summed E-state index contributed by atoms with van der Waals surface area (Å²) in [5.74, 6) is -2.63. The minimum Gasteiger partial charge on any atom is -0.508 e. The maximum absolute atomic E-state index is 15.4. The number of phenols is 1. The number of carbonyl (C=O) groups excluding carboxylic acids is 2. The second kappa shape index (κ2) is 11.7. The molecule has 2 fully saturated rings. The van der Waals surface area contributed by atoms with Gasteiger partial charge in [0.1, 0.15) is 17.2 Å². The van der Waals surface area contributed by atoms with Crippen molar-refractivity contribution in [3.05, 3.63) is 146 Å². The molecule has 3 heterocycles. The van der Waals surface area contributed by atoms with Gasteiger partial charge >= 0.3 is 11.4 Å². The van der Waals surface area contributed by atoms with Crippen LogP contribution in [0.1, 0.15) is 29.5 Å². The Bertz CT molecular complexity index is 2320. The van der Waals surface area contributed by atoms with E-state index in [1.165, 1.54) is 40.6 Å². The first-order valence-corrected chi connectivity index (χ1v) is 16.4. The van der Waals surface area contributed by atoms with Crippen molar-refractivity contribution >= 4 is 29.1 Å². The first-order valence-electron chi connectivity index (χ1n) is 16.1. The van der Waals surface area contributed by atoms with Crippen molar-refractivity contribution in [2.75, 3.05) is 19.1 Å². The third-order valence-electron chi connectivity index (χ3n) is 10.3. The van der Waals surface area contributed by atoms with E-state index in [2.05, 4.69) is 0 Å². The summed E-state index contributed by atoms with van der Waals surface area (Å²) in [5.41, 5.74) is -0.335. The molecule has 11 nitrogen and oxygen atoms in total. The van der Waals surface area contributed by atoms with Crippen LogP contribution in [0.2, 0.25) is 5.02 Å². The number of aromatic hydroxyl groups is 1. The van der Waals surface area contributed by atoms with E-state index in [4.69, 9.17) is 21.1 Å². The van der Waals surface area contributed by atoms with Crippen molar-refractivity contribution in [3.8, 4) is 22.9 Å². The minimum atomic E-state index is -1.57. The molecule has 50 heavy (non-hydrogen) atoms. The molecular formula is C38H31ClN4O7. The minimum absolute atomic E-state index is 0.0225. The summed E-state index contributed by atoms with van der Waals surface area (Å²) < 4.78 is 15.6. The fourth-order valence-electron chi connectivity index (χ4n) is 8.33. The normalized spacial score (nSPS) is 22.4. The van der Waals surface area contributed by atoms with Crippen LogP contribution in [0, 0.1) is 5.92 Å². The predicted molar refractivity (Wildman–Crippen MR) is 186 cm³/mol. The van der Waals surface area contributed by atoms with Gasteiger partial charge in [-0.25, -0.2) is 28.4 Å². The molecule has 4 atom stereocenters. The monoisotopic (exact) mass is 690 g/mol. The molecule has 1 saturated heterocycles. The quantitative estimate of drug-likeness (QED) is 0.197. The van der Waals surface area contributed by atoms with Crippen molar-refractivity contribution in [2.24, 2.45) is 5.92 Å². The van der Waals surface area contributed by atoms with Crippen molar-refractivity contribution in [2.45, 2.75) is 30.3 Å². The number of ether oxygens (including phenoxy) is 2. The lowest BCUT2D eigenvalue weighted by Crippen LogP contribution is -2.53. The summed E-state index contributed by atoms with van der Waals surface area (Å²) in [5, 5.41) is 11.0. The number of allylic oxidation sites excluding steroid dienone is 2. The highest BCUT2D eigenvalue weighted by Gasteiger charge is 2.69. The Morgan fingerprint density at radius 1 is 0.800 bits per heavy atom. The molecule has 1 saturated carbocycles. The Labute approximate surface area is 290 Å². The third kappa shape index (κ3) is 4.29. The summed E-state index contributed by atoms with van der Waals surface area (Å²) in [6, 6.07) is 26.4. The lowest BCUT2D eigenvalue weighted by molar-refractivity contribution is -0.124. The number of rotatable bonds is 6. The molecule has 0 bridgehead atoms. The Morgan fingerprint density at radius 3 is 2.08 bits per heavy atom. The van der Waals surface area contributed by atoms with Crippen LogP contribution in [0.5, 0.6) is 17.2 Å². The lowest BCUT2D eigenvalue weighted by Gasteiger charge is -2.49. The maximum Gasteiger partial charge on any atom is 0.352 e. The number of anilines is 1. The third-order valence-corrected chi connectivity index (χ3v) is 10.5. The Morgan fingerprint density at radius 2 is 1.44 bits per heavy atom. The zero-order valence-corrected chi connectivity index (χ0v) is 27.8. The van der Waals surface area contributed by atoms with E-state index in [-0.39, 0.29) is 30.2 Å². The van der Waals surface area contributed by atoms with Gasteiger partial charge < -0.3 is 14.6 Å². The molecule has 0 radical (unpaired) electrons. The molecule has 1 aliphatic carbocycles. The van der Waals surface area contributed by atoms with Gasteiger partial charge in [0.25, 0.3) is 0 Å². The maximum atomic E-state index is 15.4. The molecule has 2 aliphatic heterocycles. The molecular weight excluding hydrogens is 660 g/mol. The molecule has 4 aromatic carbocycles. The van der Waals surface area contributed by atoms with E-state index in [0.29, 0.717) is 33.1 Å². The number of imide groups is 1. The van der Waals surface area contributed by atoms with Crippen LogP contribution in [-0.2, 0) is 21.5 Å². The fourth-order valence-corrected chi connectivity index (χ4v) is 8.51. The van der Waals surface area contributed by atoms with Crippen LogP contribution in [-0.4, -0.2) is 45.1 Å². The van der Waals surface area contributed by atoms with Gasteiger partial charge in [-0.2, -0.15) is 0 Å². The SMILES string of the molecule is COc1cc(O)cc(OC)c1C1C2=CCn3c(=O)n(-c4ccccc4)c(=O)n3C2CC2C(=O)N(c3cccc(Cl)c3)C(=O)C21c1ccccc1. The molecule has 2 amide bonds. The van der Waals surface area contributed by atoms with Gasteiger partial charge in [0, 0.05) is 28.6 Å². The molecule has 1 N–H and O–H groups in total. The van der Waals surface area contributed by atoms with E-state index < -0.39 is 46.5 Å². The van der Waals surface area contributed by atoms with Gasteiger partial charge in [-0.05, 0) is 47.9 Å². The molecule has 4 unspecified atom stereocenters. The topological polar surface area (TPSA) is 125 Å². The summed E-state index contributed by atoms with van der Waals surface area (Å²) >= 11 is 6.39. The zero-order chi connectivity index (χ0) is 34.9. The first kappa shape index (κ1) is 31.5. The van der Waals surface area contributed by atoms with E-state index in [1.807, 2.05) is 36.4 Å². The van der Waals surface area contributed by atoms with Gasteiger partial charge in [0.05, 0.1) is 49.5 Å². The first-order chi connectivity index (χ1) is 24.2. The number of carbonyl (C=O) groups is 2. The van der Waals surface area contributed by atoms with E-state index >= 15 is 4.79 Å². The van der Waals surface area contributed by atoms with E-state index in [1.54, 1.807) is 54.6 Å². The van der Waals surface area contributed by atoms with Crippen molar-refractivity contribution in [1.82, 2.24) is 13.9 Å².